The Morgan fingerprint density at radius 2 is 2.24 bits per heavy atom. The predicted molar refractivity (Wildman–Crippen MR) is 69.2 cm³/mol. The van der Waals surface area contributed by atoms with Gasteiger partial charge in [-0.05, 0) is 18.5 Å². The molecule has 88 valence electrons. The van der Waals surface area contributed by atoms with Crippen molar-refractivity contribution in [2.45, 2.75) is 6.92 Å². The van der Waals surface area contributed by atoms with E-state index in [1.807, 2.05) is 38.2 Å². The largest absolute Gasteiger partial charge is 0.319 e. The Bertz CT molecular complexity index is 531. The fourth-order valence-electron chi connectivity index (χ4n) is 1.99. The quantitative estimate of drug-likeness (QED) is 0.816. The second kappa shape index (κ2) is 5.06. The number of pyridine rings is 1. The number of benzene rings is 1. The van der Waals surface area contributed by atoms with Crippen molar-refractivity contribution in [2.75, 3.05) is 13.6 Å². The molecule has 1 unspecified atom stereocenters. The minimum absolute atomic E-state index is 0.0224. The van der Waals surface area contributed by atoms with Crippen molar-refractivity contribution in [1.29, 1.82) is 0 Å². The van der Waals surface area contributed by atoms with Crippen molar-refractivity contribution in [3.05, 3.63) is 42.2 Å². The predicted octanol–water partition coefficient (Wildman–Crippen LogP) is 2.27. The van der Waals surface area contributed by atoms with Crippen LogP contribution < -0.4 is 5.32 Å². The van der Waals surface area contributed by atoms with Crippen LogP contribution in [0.2, 0.25) is 0 Å². The molecule has 2 aromatic rings. The number of hydrogen-bond acceptors (Lipinski definition) is 3. The number of nitrogens with zero attached hydrogens (tertiary/aromatic N) is 1. The monoisotopic (exact) mass is 228 g/mol. The van der Waals surface area contributed by atoms with Gasteiger partial charge < -0.3 is 5.32 Å². The maximum absolute atomic E-state index is 12.3. The summed E-state index contributed by atoms with van der Waals surface area (Å²) in [6.07, 6.45) is 3.50. The number of Topliss-reactive ketones (excluding diaryl/α,β-unsaturated/α-hetero) is 1. The van der Waals surface area contributed by atoms with Gasteiger partial charge in [-0.15, -0.1) is 0 Å². The van der Waals surface area contributed by atoms with Crippen molar-refractivity contribution < 1.29 is 4.79 Å². The first-order chi connectivity index (χ1) is 8.24. The average molecular weight is 228 g/mol. The Morgan fingerprint density at radius 3 is 3.00 bits per heavy atom. The lowest BCUT2D eigenvalue weighted by atomic mass is 9.95. The first-order valence-corrected chi connectivity index (χ1v) is 5.75. The second-order valence-electron chi connectivity index (χ2n) is 4.23. The number of carbonyl (C=O) groups excluding carboxylic acids is 1. The highest BCUT2D eigenvalue weighted by atomic mass is 16.1. The average Bonchev–Trinajstić information content (AvgIpc) is 2.37. The molecule has 0 aliphatic rings. The Morgan fingerprint density at radius 1 is 1.41 bits per heavy atom. The van der Waals surface area contributed by atoms with Crippen molar-refractivity contribution in [1.82, 2.24) is 10.3 Å². The van der Waals surface area contributed by atoms with Crippen LogP contribution in [0.4, 0.5) is 0 Å². The molecular weight excluding hydrogens is 212 g/mol. The van der Waals surface area contributed by atoms with Gasteiger partial charge in [0.25, 0.3) is 0 Å². The van der Waals surface area contributed by atoms with E-state index in [0.717, 1.165) is 16.3 Å². The first kappa shape index (κ1) is 11.7. The SMILES string of the molecule is CNCC(C)C(=O)c1cccc2ccncc12. The third-order valence-electron chi connectivity index (χ3n) is 2.91. The summed E-state index contributed by atoms with van der Waals surface area (Å²) in [5.74, 6) is 0.142. The van der Waals surface area contributed by atoms with Gasteiger partial charge in [0.15, 0.2) is 5.78 Å². The molecule has 0 aliphatic heterocycles. The van der Waals surface area contributed by atoms with Crippen LogP contribution in [-0.4, -0.2) is 24.4 Å². The molecule has 0 saturated carbocycles. The van der Waals surface area contributed by atoms with E-state index in [1.54, 1.807) is 12.4 Å². The van der Waals surface area contributed by atoms with Gasteiger partial charge in [-0.1, -0.05) is 25.1 Å². The smallest absolute Gasteiger partial charge is 0.167 e. The lowest BCUT2D eigenvalue weighted by Crippen LogP contribution is -2.23. The van der Waals surface area contributed by atoms with Crippen molar-refractivity contribution in [3.8, 4) is 0 Å². The lowest BCUT2D eigenvalue weighted by Gasteiger charge is -2.11. The van der Waals surface area contributed by atoms with Crippen LogP contribution in [0.25, 0.3) is 10.8 Å². The first-order valence-electron chi connectivity index (χ1n) is 5.75. The molecule has 3 heteroatoms. The second-order valence-corrected chi connectivity index (χ2v) is 4.23. The third kappa shape index (κ3) is 2.34. The fraction of sp³-hybridized carbons (Fsp3) is 0.286. The summed E-state index contributed by atoms with van der Waals surface area (Å²) in [5.41, 5.74) is 0.762. The molecule has 0 fully saturated rings. The maximum Gasteiger partial charge on any atom is 0.167 e. The molecule has 0 spiro atoms. The zero-order chi connectivity index (χ0) is 12.3. The maximum atomic E-state index is 12.3. The van der Waals surface area contributed by atoms with Crippen molar-refractivity contribution in [3.63, 3.8) is 0 Å². The molecule has 0 radical (unpaired) electrons. The van der Waals surface area contributed by atoms with E-state index in [4.69, 9.17) is 0 Å². The molecule has 0 amide bonds. The minimum Gasteiger partial charge on any atom is -0.319 e. The highest BCUT2D eigenvalue weighted by Crippen LogP contribution is 2.20. The van der Waals surface area contributed by atoms with Crippen LogP contribution in [-0.2, 0) is 0 Å². The summed E-state index contributed by atoms with van der Waals surface area (Å²) in [5, 5.41) is 5.02. The van der Waals surface area contributed by atoms with E-state index in [0.29, 0.717) is 6.54 Å². The Kier molecular flexibility index (Phi) is 3.49. The van der Waals surface area contributed by atoms with Crippen LogP contribution in [0, 0.1) is 5.92 Å². The molecule has 1 aromatic heterocycles. The van der Waals surface area contributed by atoms with E-state index in [2.05, 4.69) is 10.3 Å². The topological polar surface area (TPSA) is 42.0 Å². The van der Waals surface area contributed by atoms with E-state index in [1.165, 1.54) is 0 Å². The number of ketones is 1. The van der Waals surface area contributed by atoms with E-state index in [9.17, 15) is 4.79 Å². The Balaban J connectivity index is 2.45. The molecule has 1 atom stereocenters. The summed E-state index contributed by atoms with van der Waals surface area (Å²) in [4.78, 5) is 16.4. The molecule has 3 nitrogen and oxygen atoms in total. The van der Waals surface area contributed by atoms with Crippen LogP contribution in [0.1, 0.15) is 17.3 Å². The van der Waals surface area contributed by atoms with Gasteiger partial charge in [-0.2, -0.15) is 0 Å². The fourth-order valence-corrected chi connectivity index (χ4v) is 1.99. The molecule has 1 N–H and O–H groups in total. The normalized spacial score (nSPS) is 12.6. The molecule has 0 bridgehead atoms. The van der Waals surface area contributed by atoms with Gasteiger partial charge in [0.1, 0.15) is 0 Å². The number of carbonyl (C=O) groups is 1. The number of rotatable bonds is 4. The number of hydrogen-bond donors (Lipinski definition) is 1. The summed E-state index contributed by atoms with van der Waals surface area (Å²) in [6, 6.07) is 7.71. The highest BCUT2D eigenvalue weighted by molar-refractivity contribution is 6.08. The number of aromatic nitrogens is 1. The standard InChI is InChI=1S/C14H16N2O/c1-10(8-15-2)14(17)12-5-3-4-11-6-7-16-9-13(11)12/h3-7,9-10,15H,8H2,1-2H3. The Hall–Kier alpha value is -1.74. The van der Waals surface area contributed by atoms with Crippen molar-refractivity contribution in [2.24, 2.45) is 5.92 Å². The molecule has 1 aromatic carbocycles. The van der Waals surface area contributed by atoms with Crippen LogP contribution >= 0.6 is 0 Å². The van der Waals surface area contributed by atoms with Crippen molar-refractivity contribution >= 4 is 16.6 Å². The molecular formula is C14H16N2O. The molecule has 17 heavy (non-hydrogen) atoms. The van der Waals surface area contributed by atoms with Gasteiger partial charge in [0, 0.05) is 35.8 Å². The minimum atomic E-state index is -0.0224. The van der Waals surface area contributed by atoms with Crippen LogP contribution in [0.3, 0.4) is 0 Å². The summed E-state index contributed by atoms with van der Waals surface area (Å²) in [7, 11) is 1.86. The van der Waals surface area contributed by atoms with Gasteiger partial charge >= 0.3 is 0 Å². The number of fused-ring (bicyclic) bond motifs is 1. The molecule has 0 aliphatic carbocycles. The number of nitrogens with one attached hydrogen (secondary N) is 1. The summed E-state index contributed by atoms with van der Waals surface area (Å²) < 4.78 is 0. The zero-order valence-electron chi connectivity index (χ0n) is 10.1. The van der Waals surface area contributed by atoms with Gasteiger partial charge in [0.05, 0.1) is 0 Å². The highest BCUT2D eigenvalue weighted by Gasteiger charge is 2.16. The zero-order valence-corrected chi connectivity index (χ0v) is 10.1. The van der Waals surface area contributed by atoms with Gasteiger partial charge in [-0.3, -0.25) is 9.78 Å². The van der Waals surface area contributed by atoms with Crippen LogP contribution in [0.15, 0.2) is 36.7 Å². The van der Waals surface area contributed by atoms with E-state index in [-0.39, 0.29) is 11.7 Å². The summed E-state index contributed by atoms with van der Waals surface area (Å²) >= 11 is 0. The molecule has 2 rings (SSSR count). The van der Waals surface area contributed by atoms with Gasteiger partial charge in [0.2, 0.25) is 0 Å². The lowest BCUT2D eigenvalue weighted by molar-refractivity contribution is 0.0932. The molecule has 1 heterocycles. The van der Waals surface area contributed by atoms with Gasteiger partial charge in [-0.25, -0.2) is 0 Å². The summed E-state index contributed by atoms with van der Waals surface area (Å²) in [6.45, 7) is 2.63. The Labute approximate surface area is 101 Å². The van der Waals surface area contributed by atoms with E-state index >= 15 is 0 Å². The molecule has 0 saturated heterocycles. The third-order valence-corrected chi connectivity index (χ3v) is 2.91. The van der Waals surface area contributed by atoms with E-state index < -0.39 is 0 Å². The van der Waals surface area contributed by atoms with Crippen LogP contribution in [0.5, 0.6) is 0 Å².